The summed E-state index contributed by atoms with van der Waals surface area (Å²) in [4.78, 5) is 12.6. The molecule has 0 saturated carbocycles. The number of anilines is 2. The van der Waals surface area contributed by atoms with Gasteiger partial charge in [0.2, 0.25) is 0 Å². The number of sulfonamides is 1. The van der Waals surface area contributed by atoms with Gasteiger partial charge in [0.05, 0.1) is 4.90 Å². The maximum Gasteiger partial charge on any atom is 0.261 e. The van der Waals surface area contributed by atoms with Crippen molar-refractivity contribution < 1.29 is 17.6 Å². The van der Waals surface area contributed by atoms with E-state index in [1.807, 2.05) is 19.1 Å². The number of aryl methyl sites for hydroxylation is 2. The lowest BCUT2D eigenvalue weighted by atomic mass is 10.1. The van der Waals surface area contributed by atoms with Gasteiger partial charge < -0.3 is 5.32 Å². The minimum atomic E-state index is -3.93. The molecule has 0 unspecified atom stereocenters. The smallest absolute Gasteiger partial charge is 0.261 e. The Bertz CT molecular complexity index is 1110. The van der Waals surface area contributed by atoms with Crippen LogP contribution in [0.25, 0.3) is 0 Å². The first-order chi connectivity index (χ1) is 13.2. The third-order valence-electron chi connectivity index (χ3n) is 4.17. The summed E-state index contributed by atoms with van der Waals surface area (Å²) >= 11 is 0. The van der Waals surface area contributed by atoms with Crippen LogP contribution < -0.4 is 10.0 Å². The molecule has 0 spiro atoms. The molecule has 3 aromatic carbocycles. The predicted octanol–water partition coefficient (Wildman–Crippen LogP) is 4.50. The Morgan fingerprint density at radius 2 is 1.46 bits per heavy atom. The topological polar surface area (TPSA) is 75.3 Å². The summed E-state index contributed by atoms with van der Waals surface area (Å²) in [6.45, 7) is 3.67. The van der Waals surface area contributed by atoms with Gasteiger partial charge in [-0.3, -0.25) is 9.52 Å². The Balaban J connectivity index is 1.86. The molecule has 28 heavy (non-hydrogen) atoms. The molecule has 3 rings (SSSR count). The third-order valence-corrected chi connectivity index (χ3v) is 5.55. The van der Waals surface area contributed by atoms with Crippen LogP contribution in [0.2, 0.25) is 0 Å². The lowest BCUT2D eigenvalue weighted by Gasteiger charge is -2.12. The van der Waals surface area contributed by atoms with Crippen molar-refractivity contribution in [1.29, 1.82) is 0 Å². The Morgan fingerprint density at radius 3 is 2.11 bits per heavy atom. The first kappa shape index (κ1) is 19.6. The highest BCUT2D eigenvalue weighted by molar-refractivity contribution is 7.92. The Kier molecular flexibility index (Phi) is 5.46. The molecule has 0 atom stereocenters. The van der Waals surface area contributed by atoms with E-state index in [2.05, 4.69) is 10.0 Å². The first-order valence-corrected chi connectivity index (χ1v) is 10.00. The Morgan fingerprint density at radius 1 is 0.857 bits per heavy atom. The zero-order valence-electron chi connectivity index (χ0n) is 15.4. The molecule has 0 aliphatic heterocycles. The number of amides is 1. The highest BCUT2D eigenvalue weighted by Gasteiger charge is 2.18. The minimum absolute atomic E-state index is 0.0588. The van der Waals surface area contributed by atoms with E-state index in [9.17, 15) is 17.6 Å². The zero-order valence-corrected chi connectivity index (χ0v) is 16.2. The molecule has 0 aliphatic carbocycles. The zero-order chi connectivity index (χ0) is 20.3. The number of carbonyl (C=O) groups excluding carboxylic acids is 1. The van der Waals surface area contributed by atoms with Crippen LogP contribution in [0.15, 0.2) is 71.6 Å². The molecule has 7 heteroatoms. The van der Waals surface area contributed by atoms with E-state index in [1.165, 1.54) is 24.3 Å². The molecule has 0 heterocycles. The predicted molar refractivity (Wildman–Crippen MR) is 108 cm³/mol. The van der Waals surface area contributed by atoms with Crippen molar-refractivity contribution >= 4 is 27.3 Å². The summed E-state index contributed by atoms with van der Waals surface area (Å²) in [5.41, 5.74) is 2.81. The van der Waals surface area contributed by atoms with Crippen LogP contribution in [0.5, 0.6) is 0 Å². The highest BCUT2D eigenvalue weighted by Crippen LogP contribution is 2.21. The number of carbonyl (C=O) groups is 1. The maximum atomic E-state index is 13.0. The van der Waals surface area contributed by atoms with E-state index < -0.39 is 21.7 Å². The number of hydrogen-bond acceptors (Lipinski definition) is 3. The summed E-state index contributed by atoms with van der Waals surface area (Å²) in [6.07, 6.45) is 0. The number of benzene rings is 3. The average Bonchev–Trinajstić information content (AvgIpc) is 2.65. The molecule has 0 aromatic heterocycles. The molecule has 0 bridgehead atoms. The molecule has 0 aliphatic rings. The molecular formula is C21H19FN2O3S. The molecule has 3 aromatic rings. The molecule has 5 nitrogen and oxygen atoms in total. The van der Waals surface area contributed by atoms with Crippen LogP contribution in [0.3, 0.4) is 0 Å². The van der Waals surface area contributed by atoms with Crippen molar-refractivity contribution in [3.05, 3.63) is 89.2 Å². The number of rotatable bonds is 5. The summed E-state index contributed by atoms with van der Waals surface area (Å²) in [5, 5.41) is 2.77. The van der Waals surface area contributed by atoms with E-state index in [1.54, 1.807) is 25.1 Å². The fraction of sp³-hybridized carbons (Fsp3) is 0.0952. The lowest BCUT2D eigenvalue weighted by molar-refractivity contribution is 0.102. The molecule has 144 valence electrons. The largest absolute Gasteiger partial charge is 0.322 e. The van der Waals surface area contributed by atoms with Crippen LogP contribution in [0, 0.1) is 19.7 Å². The molecule has 0 fully saturated rings. The van der Waals surface area contributed by atoms with Gasteiger partial charge in [-0.2, -0.15) is 0 Å². The number of hydrogen-bond donors (Lipinski definition) is 2. The quantitative estimate of drug-likeness (QED) is 0.665. The van der Waals surface area contributed by atoms with Gasteiger partial charge >= 0.3 is 0 Å². The van der Waals surface area contributed by atoms with Crippen molar-refractivity contribution in [2.24, 2.45) is 0 Å². The maximum absolute atomic E-state index is 13.0. The van der Waals surface area contributed by atoms with Gasteiger partial charge in [0, 0.05) is 16.9 Å². The highest BCUT2D eigenvalue weighted by atomic mass is 32.2. The molecule has 0 saturated heterocycles. The van der Waals surface area contributed by atoms with Crippen molar-refractivity contribution in [2.75, 3.05) is 10.0 Å². The minimum Gasteiger partial charge on any atom is -0.322 e. The van der Waals surface area contributed by atoms with Gasteiger partial charge in [0.15, 0.2) is 0 Å². The summed E-state index contributed by atoms with van der Waals surface area (Å²) in [7, 11) is -3.93. The van der Waals surface area contributed by atoms with Crippen molar-refractivity contribution in [3.63, 3.8) is 0 Å². The molecule has 2 N–H and O–H groups in total. The Hall–Kier alpha value is -3.19. The van der Waals surface area contributed by atoms with Crippen LogP contribution >= 0.6 is 0 Å². The van der Waals surface area contributed by atoms with Crippen LogP contribution in [-0.2, 0) is 10.0 Å². The summed E-state index contributed by atoms with van der Waals surface area (Å²) in [6, 6.07) is 16.6. The normalized spacial score (nSPS) is 11.1. The third kappa shape index (κ3) is 4.55. The van der Waals surface area contributed by atoms with E-state index in [4.69, 9.17) is 0 Å². The molecule has 1 amide bonds. The van der Waals surface area contributed by atoms with Gasteiger partial charge in [0.1, 0.15) is 5.82 Å². The van der Waals surface area contributed by atoms with Crippen LogP contribution in [0.4, 0.5) is 15.8 Å². The van der Waals surface area contributed by atoms with Gasteiger partial charge in [-0.1, -0.05) is 23.8 Å². The average molecular weight is 398 g/mol. The van der Waals surface area contributed by atoms with Crippen LogP contribution in [-0.4, -0.2) is 14.3 Å². The second kappa shape index (κ2) is 7.82. The van der Waals surface area contributed by atoms with Gasteiger partial charge in [-0.25, -0.2) is 12.8 Å². The fourth-order valence-electron chi connectivity index (χ4n) is 2.58. The van der Waals surface area contributed by atoms with Crippen molar-refractivity contribution in [3.8, 4) is 0 Å². The molecular weight excluding hydrogens is 379 g/mol. The summed E-state index contributed by atoms with van der Waals surface area (Å²) < 4.78 is 40.6. The van der Waals surface area contributed by atoms with Gasteiger partial charge in [-0.15, -0.1) is 0 Å². The second-order valence-corrected chi connectivity index (χ2v) is 8.09. The number of halogens is 1. The Labute approximate surface area is 163 Å². The first-order valence-electron chi connectivity index (χ1n) is 8.52. The summed E-state index contributed by atoms with van der Waals surface area (Å²) in [5.74, 6) is -0.867. The van der Waals surface area contributed by atoms with E-state index >= 15 is 0 Å². The van der Waals surface area contributed by atoms with E-state index in [0.717, 1.165) is 17.7 Å². The van der Waals surface area contributed by atoms with Gasteiger partial charge in [-0.05, 0) is 67.9 Å². The fourth-order valence-corrected chi connectivity index (χ4v) is 3.66. The standard InChI is InChI=1S/C21H19FN2O3S/c1-14-3-8-17(9-4-14)23-21(25)20-13-19(12-5-15(20)2)28(26,27)24-18-10-6-16(22)7-11-18/h3-13,24H,1-2H3,(H,23,25). The number of nitrogens with one attached hydrogen (secondary N) is 2. The van der Waals surface area contributed by atoms with Gasteiger partial charge in [0.25, 0.3) is 15.9 Å². The molecule has 0 radical (unpaired) electrons. The lowest BCUT2D eigenvalue weighted by Crippen LogP contribution is -2.17. The van der Waals surface area contributed by atoms with Crippen LogP contribution in [0.1, 0.15) is 21.5 Å². The monoisotopic (exact) mass is 398 g/mol. The van der Waals surface area contributed by atoms with Crippen molar-refractivity contribution in [1.82, 2.24) is 0 Å². The van der Waals surface area contributed by atoms with Crippen molar-refractivity contribution in [2.45, 2.75) is 18.7 Å². The SMILES string of the molecule is Cc1ccc(NC(=O)c2cc(S(=O)(=O)Nc3ccc(F)cc3)ccc2C)cc1. The second-order valence-electron chi connectivity index (χ2n) is 6.41. The van der Waals surface area contributed by atoms with E-state index in [0.29, 0.717) is 11.3 Å². The van der Waals surface area contributed by atoms with E-state index in [-0.39, 0.29) is 16.1 Å².